The van der Waals surface area contributed by atoms with Crippen LogP contribution in [0.25, 0.3) is 11.3 Å². The van der Waals surface area contributed by atoms with Crippen LogP contribution in [0.4, 0.5) is 5.13 Å². The largest absolute Gasteiger partial charge is 0.339 e. The van der Waals surface area contributed by atoms with Gasteiger partial charge in [0.15, 0.2) is 11.0 Å². The van der Waals surface area contributed by atoms with E-state index in [1.165, 1.54) is 22.5 Å². The van der Waals surface area contributed by atoms with Gasteiger partial charge in [0.2, 0.25) is 11.8 Å². The first-order valence-corrected chi connectivity index (χ1v) is 9.01. The Hall–Kier alpha value is -2.54. The molecule has 0 unspecified atom stereocenters. The number of aromatic nitrogens is 3. The molecule has 130 valence electrons. The number of benzene rings is 1. The van der Waals surface area contributed by atoms with Crippen LogP contribution in [0.1, 0.15) is 35.7 Å². The highest BCUT2D eigenvalue weighted by Crippen LogP contribution is 2.26. The summed E-state index contributed by atoms with van der Waals surface area (Å²) < 4.78 is 5.03. The Bertz CT molecular complexity index is 885. The number of thiazole rings is 1. The predicted octanol–water partition coefficient (Wildman–Crippen LogP) is 4.08. The quantitative estimate of drug-likeness (QED) is 0.720. The highest BCUT2D eigenvalue weighted by atomic mass is 32.1. The number of anilines is 1. The highest BCUT2D eigenvalue weighted by Gasteiger charge is 2.10. The van der Waals surface area contributed by atoms with Gasteiger partial charge in [-0.15, -0.1) is 11.3 Å². The summed E-state index contributed by atoms with van der Waals surface area (Å²) in [5, 5.41) is 9.16. The molecule has 3 rings (SSSR count). The average Bonchev–Trinajstić information content (AvgIpc) is 3.19. The molecule has 0 aliphatic heterocycles. The molecule has 1 amide bonds. The van der Waals surface area contributed by atoms with E-state index in [2.05, 4.69) is 52.5 Å². The van der Waals surface area contributed by atoms with Crippen molar-refractivity contribution >= 4 is 22.4 Å². The lowest BCUT2D eigenvalue weighted by Crippen LogP contribution is -2.11. The molecule has 2 heterocycles. The van der Waals surface area contributed by atoms with Gasteiger partial charge in [0.25, 0.3) is 0 Å². The number of hydrogen-bond acceptors (Lipinski definition) is 6. The van der Waals surface area contributed by atoms with Crippen molar-refractivity contribution in [3.05, 3.63) is 46.4 Å². The topological polar surface area (TPSA) is 80.9 Å². The molecule has 0 spiro atoms. The first-order chi connectivity index (χ1) is 12.0. The van der Waals surface area contributed by atoms with Crippen LogP contribution in [-0.2, 0) is 11.2 Å². The van der Waals surface area contributed by atoms with Crippen molar-refractivity contribution in [2.24, 2.45) is 0 Å². The summed E-state index contributed by atoms with van der Waals surface area (Å²) in [5.41, 5.74) is 4.42. The zero-order valence-electron chi connectivity index (χ0n) is 14.5. The summed E-state index contributed by atoms with van der Waals surface area (Å²) in [6.07, 6.45) is 1.64. The molecule has 0 aliphatic rings. The summed E-state index contributed by atoms with van der Waals surface area (Å²) >= 11 is 1.43. The molecule has 6 nitrogen and oxygen atoms in total. The SMILES string of the molecule is Cc1noc(CCCC(=O)Nc2nc(-c3ccc(C)c(C)c3)cs2)n1. The van der Waals surface area contributed by atoms with Crippen LogP contribution in [0.5, 0.6) is 0 Å². The minimum absolute atomic E-state index is 0.0581. The highest BCUT2D eigenvalue weighted by molar-refractivity contribution is 7.14. The number of amides is 1. The maximum absolute atomic E-state index is 12.0. The fourth-order valence-corrected chi connectivity index (χ4v) is 3.12. The Morgan fingerprint density at radius 2 is 2.04 bits per heavy atom. The molecule has 0 bridgehead atoms. The van der Waals surface area contributed by atoms with E-state index < -0.39 is 0 Å². The van der Waals surface area contributed by atoms with Gasteiger partial charge < -0.3 is 9.84 Å². The molecule has 3 aromatic rings. The zero-order valence-corrected chi connectivity index (χ0v) is 15.3. The van der Waals surface area contributed by atoms with Gasteiger partial charge in [-0.3, -0.25) is 4.79 Å². The number of aryl methyl sites for hydroxylation is 4. The smallest absolute Gasteiger partial charge is 0.226 e. The van der Waals surface area contributed by atoms with Crippen molar-refractivity contribution in [3.63, 3.8) is 0 Å². The minimum Gasteiger partial charge on any atom is -0.339 e. The number of carbonyl (C=O) groups is 1. The van der Waals surface area contributed by atoms with Crippen LogP contribution in [0.15, 0.2) is 28.1 Å². The molecular weight excluding hydrogens is 336 g/mol. The molecule has 0 fully saturated rings. The van der Waals surface area contributed by atoms with E-state index in [0.29, 0.717) is 36.1 Å². The predicted molar refractivity (Wildman–Crippen MR) is 97.6 cm³/mol. The maximum Gasteiger partial charge on any atom is 0.226 e. The summed E-state index contributed by atoms with van der Waals surface area (Å²) in [5.74, 6) is 1.12. The monoisotopic (exact) mass is 356 g/mol. The summed E-state index contributed by atoms with van der Waals surface area (Å²) in [6.45, 7) is 5.94. The van der Waals surface area contributed by atoms with Gasteiger partial charge in [-0.1, -0.05) is 17.3 Å². The van der Waals surface area contributed by atoms with Crippen LogP contribution < -0.4 is 5.32 Å². The summed E-state index contributed by atoms with van der Waals surface area (Å²) in [6, 6.07) is 6.25. The Morgan fingerprint density at radius 3 is 2.76 bits per heavy atom. The average molecular weight is 356 g/mol. The van der Waals surface area contributed by atoms with Crippen molar-refractivity contribution in [2.45, 2.75) is 40.0 Å². The summed E-state index contributed by atoms with van der Waals surface area (Å²) in [7, 11) is 0. The lowest BCUT2D eigenvalue weighted by atomic mass is 10.1. The number of hydrogen-bond donors (Lipinski definition) is 1. The van der Waals surface area contributed by atoms with Crippen LogP contribution in [0, 0.1) is 20.8 Å². The van der Waals surface area contributed by atoms with Crippen molar-refractivity contribution < 1.29 is 9.32 Å². The molecule has 7 heteroatoms. The van der Waals surface area contributed by atoms with Gasteiger partial charge >= 0.3 is 0 Å². The zero-order chi connectivity index (χ0) is 17.8. The van der Waals surface area contributed by atoms with Gasteiger partial charge in [0.05, 0.1) is 5.69 Å². The normalized spacial score (nSPS) is 10.8. The van der Waals surface area contributed by atoms with E-state index in [-0.39, 0.29) is 5.91 Å². The van der Waals surface area contributed by atoms with Crippen LogP contribution in [-0.4, -0.2) is 21.0 Å². The Labute approximate surface area is 150 Å². The van der Waals surface area contributed by atoms with Gasteiger partial charge in [-0.05, 0) is 44.4 Å². The van der Waals surface area contributed by atoms with E-state index in [1.54, 1.807) is 6.92 Å². The minimum atomic E-state index is -0.0581. The molecule has 0 saturated carbocycles. The van der Waals surface area contributed by atoms with Crippen LogP contribution >= 0.6 is 11.3 Å². The Morgan fingerprint density at radius 1 is 1.20 bits per heavy atom. The fourth-order valence-electron chi connectivity index (χ4n) is 2.39. The standard InChI is InChI=1S/C18H20N4O2S/c1-11-7-8-14(9-12(11)2)15-10-25-18(20-15)21-16(23)5-4-6-17-19-13(3)22-24-17/h7-10H,4-6H2,1-3H3,(H,20,21,23). The maximum atomic E-state index is 12.0. The molecule has 25 heavy (non-hydrogen) atoms. The fraction of sp³-hybridized carbons (Fsp3) is 0.333. The van der Waals surface area contributed by atoms with Crippen molar-refractivity contribution in [3.8, 4) is 11.3 Å². The van der Waals surface area contributed by atoms with Crippen molar-refractivity contribution in [2.75, 3.05) is 5.32 Å². The lowest BCUT2D eigenvalue weighted by Gasteiger charge is -2.03. The summed E-state index contributed by atoms with van der Waals surface area (Å²) in [4.78, 5) is 20.7. The van der Waals surface area contributed by atoms with E-state index in [0.717, 1.165) is 11.3 Å². The Kier molecular flexibility index (Phi) is 5.23. The molecule has 0 radical (unpaired) electrons. The lowest BCUT2D eigenvalue weighted by molar-refractivity contribution is -0.116. The van der Waals surface area contributed by atoms with Crippen LogP contribution in [0.2, 0.25) is 0 Å². The third-order valence-electron chi connectivity index (χ3n) is 3.92. The molecular formula is C18H20N4O2S. The number of nitrogens with zero attached hydrogens (tertiary/aromatic N) is 3. The molecule has 0 aliphatic carbocycles. The Balaban J connectivity index is 1.53. The second-order valence-corrected chi connectivity index (χ2v) is 6.83. The first-order valence-electron chi connectivity index (χ1n) is 8.13. The number of nitrogens with one attached hydrogen (secondary N) is 1. The third-order valence-corrected chi connectivity index (χ3v) is 4.68. The van der Waals surface area contributed by atoms with Crippen molar-refractivity contribution in [1.82, 2.24) is 15.1 Å². The van der Waals surface area contributed by atoms with E-state index >= 15 is 0 Å². The number of carbonyl (C=O) groups excluding carboxylic acids is 1. The van der Waals surface area contributed by atoms with Gasteiger partial charge in [-0.25, -0.2) is 4.98 Å². The first kappa shape index (κ1) is 17.3. The molecule has 2 aromatic heterocycles. The second kappa shape index (κ2) is 7.57. The number of rotatable bonds is 6. The molecule has 1 N–H and O–H groups in total. The van der Waals surface area contributed by atoms with Gasteiger partial charge in [0.1, 0.15) is 0 Å². The van der Waals surface area contributed by atoms with E-state index in [1.807, 2.05) is 5.38 Å². The molecule has 1 aromatic carbocycles. The third kappa shape index (κ3) is 4.51. The second-order valence-electron chi connectivity index (χ2n) is 5.97. The van der Waals surface area contributed by atoms with Gasteiger partial charge in [-0.2, -0.15) is 4.98 Å². The molecule has 0 atom stereocenters. The van der Waals surface area contributed by atoms with E-state index in [4.69, 9.17) is 4.52 Å². The van der Waals surface area contributed by atoms with E-state index in [9.17, 15) is 4.79 Å². The molecule has 0 saturated heterocycles. The van der Waals surface area contributed by atoms with Crippen LogP contribution in [0.3, 0.4) is 0 Å². The van der Waals surface area contributed by atoms with Crippen molar-refractivity contribution in [1.29, 1.82) is 0 Å². The van der Waals surface area contributed by atoms with Gasteiger partial charge in [0, 0.05) is 23.8 Å².